The Balaban J connectivity index is 2.15. The Hall–Kier alpha value is -2.24. The molecular weight excluding hydrogens is 220 g/mol. The van der Waals surface area contributed by atoms with Gasteiger partial charge in [0.2, 0.25) is 0 Å². The molecule has 2 rings (SSSR count). The SMILES string of the molecule is CCCC(=O)Oc1cccc(-n2cnnn2)c1. The van der Waals surface area contributed by atoms with Crippen LogP contribution in [0, 0.1) is 0 Å². The molecule has 0 N–H and O–H groups in total. The van der Waals surface area contributed by atoms with Gasteiger partial charge in [0, 0.05) is 12.5 Å². The van der Waals surface area contributed by atoms with Crippen LogP contribution in [0.5, 0.6) is 5.75 Å². The zero-order valence-corrected chi connectivity index (χ0v) is 9.41. The number of hydrogen-bond donors (Lipinski definition) is 0. The second-order valence-corrected chi connectivity index (χ2v) is 3.48. The van der Waals surface area contributed by atoms with Crippen LogP contribution in [0.2, 0.25) is 0 Å². The Morgan fingerprint density at radius 2 is 2.35 bits per heavy atom. The quantitative estimate of drug-likeness (QED) is 0.588. The Kier molecular flexibility index (Phi) is 3.44. The largest absolute Gasteiger partial charge is 0.426 e. The minimum Gasteiger partial charge on any atom is -0.426 e. The molecule has 6 nitrogen and oxygen atoms in total. The fraction of sp³-hybridized carbons (Fsp3) is 0.273. The van der Waals surface area contributed by atoms with E-state index in [1.165, 1.54) is 11.0 Å². The van der Waals surface area contributed by atoms with Gasteiger partial charge >= 0.3 is 5.97 Å². The summed E-state index contributed by atoms with van der Waals surface area (Å²) in [4.78, 5) is 11.3. The van der Waals surface area contributed by atoms with Crippen LogP contribution in [0.25, 0.3) is 5.69 Å². The van der Waals surface area contributed by atoms with Crippen molar-refractivity contribution in [3.63, 3.8) is 0 Å². The van der Waals surface area contributed by atoms with Gasteiger partial charge in [0.1, 0.15) is 12.1 Å². The van der Waals surface area contributed by atoms with E-state index in [0.29, 0.717) is 12.2 Å². The maximum absolute atomic E-state index is 11.3. The first kappa shape index (κ1) is 11.3. The van der Waals surface area contributed by atoms with Crippen LogP contribution in [0.3, 0.4) is 0 Å². The number of rotatable bonds is 4. The topological polar surface area (TPSA) is 69.9 Å². The molecule has 88 valence electrons. The van der Waals surface area contributed by atoms with E-state index >= 15 is 0 Å². The molecule has 0 unspecified atom stereocenters. The molecule has 2 aromatic rings. The molecule has 0 aliphatic rings. The van der Waals surface area contributed by atoms with Crippen molar-refractivity contribution < 1.29 is 9.53 Å². The third kappa shape index (κ3) is 2.87. The summed E-state index contributed by atoms with van der Waals surface area (Å²) in [5.41, 5.74) is 0.747. The van der Waals surface area contributed by atoms with Crippen LogP contribution >= 0.6 is 0 Å². The van der Waals surface area contributed by atoms with Crippen LogP contribution in [-0.4, -0.2) is 26.2 Å². The smallest absolute Gasteiger partial charge is 0.311 e. The third-order valence-corrected chi connectivity index (χ3v) is 2.12. The summed E-state index contributed by atoms with van der Waals surface area (Å²) >= 11 is 0. The standard InChI is InChI=1S/C11H12N4O2/c1-2-4-11(16)17-10-6-3-5-9(7-10)15-8-12-13-14-15/h3,5-8H,2,4H2,1H3. The molecule has 1 aromatic heterocycles. The number of tetrazole rings is 1. The Morgan fingerprint density at radius 3 is 3.06 bits per heavy atom. The molecule has 1 heterocycles. The molecular formula is C11H12N4O2. The number of carbonyl (C=O) groups excluding carboxylic acids is 1. The lowest BCUT2D eigenvalue weighted by molar-refractivity contribution is -0.134. The summed E-state index contributed by atoms with van der Waals surface area (Å²) in [5, 5.41) is 10.8. The first-order chi connectivity index (χ1) is 8.29. The van der Waals surface area contributed by atoms with Crippen molar-refractivity contribution in [1.29, 1.82) is 0 Å². The first-order valence-corrected chi connectivity index (χ1v) is 5.33. The zero-order chi connectivity index (χ0) is 12.1. The molecule has 0 atom stereocenters. The van der Waals surface area contributed by atoms with Gasteiger partial charge in [-0.1, -0.05) is 13.0 Å². The molecule has 0 spiro atoms. The fourth-order valence-corrected chi connectivity index (χ4v) is 1.36. The molecule has 0 saturated heterocycles. The maximum atomic E-state index is 11.3. The second kappa shape index (κ2) is 5.20. The third-order valence-electron chi connectivity index (χ3n) is 2.12. The summed E-state index contributed by atoms with van der Waals surface area (Å²) in [5.74, 6) is 0.262. The van der Waals surface area contributed by atoms with Crippen molar-refractivity contribution in [2.45, 2.75) is 19.8 Å². The number of hydrogen-bond acceptors (Lipinski definition) is 5. The average molecular weight is 232 g/mol. The lowest BCUT2D eigenvalue weighted by Gasteiger charge is -2.05. The van der Waals surface area contributed by atoms with E-state index in [0.717, 1.165) is 12.1 Å². The van der Waals surface area contributed by atoms with Crippen molar-refractivity contribution in [3.05, 3.63) is 30.6 Å². The highest BCUT2D eigenvalue weighted by Gasteiger charge is 2.05. The molecule has 6 heteroatoms. The predicted octanol–water partition coefficient (Wildman–Crippen LogP) is 1.37. The van der Waals surface area contributed by atoms with E-state index in [2.05, 4.69) is 15.5 Å². The molecule has 0 aliphatic heterocycles. The minimum atomic E-state index is -0.235. The average Bonchev–Trinajstić information content (AvgIpc) is 2.83. The van der Waals surface area contributed by atoms with Gasteiger partial charge < -0.3 is 4.74 Å². The lowest BCUT2D eigenvalue weighted by Crippen LogP contribution is -2.07. The summed E-state index contributed by atoms with van der Waals surface area (Å²) in [6, 6.07) is 7.05. The Bertz CT molecular complexity index is 496. The first-order valence-electron chi connectivity index (χ1n) is 5.33. The molecule has 0 saturated carbocycles. The number of esters is 1. The monoisotopic (exact) mass is 232 g/mol. The number of benzene rings is 1. The number of aromatic nitrogens is 4. The molecule has 17 heavy (non-hydrogen) atoms. The van der Waals surface area contributed by atoms with E-state index in [1.54, 1.807) is 18.2 Å². The van der Waals surface area contributed by atoms with Crippen molar-refractivity contribution in [1.82, 2.24) is 20.2 Å². The van der Waals surface area contributed by atoms with E-state index in [-0.39, 0.29) is 5.97 Å². The van der Waals surface area contributed by atoms with Gasteiger partial charge in [-0.25, -0.2) is 4.68 Å². The summed E-state index contributed by atoms with van der Waals surface area (Å²) in [6.07, 6.45) is 2.66. The minimum absolute atomic E-state index is 0.235. The lowest BCUT2D eigenvalue weighted by atomic mass is 10.3. The Labute approximate surface area is 98.2 Å². The summed E-state index contributed by atoms with van der Waals surface area (Å²) in [7, 11) is 0. The van der Waals surface area contributed by atoms with Crippen molar-refractivity contribution >= 4 is 5.97 Å². The van der Waals surface area contributed by atoms with E-state index in [4.69, 9.17) is 4.74 Å². The van der Waals surface area contributed by atoms with Gasteiger partial charge in [0.25, 0.3) is 0 Å². The Morgan fingerprint density at radius 1 is 1.47 bits per heavy atom. The molecule has 0 radical (unpaired) electrons. The zero-order valence-electron chi connectivity index (χ0n) is 9.41. The van der Waals surface area contributed by atoms with Crippen molar-refractivity contribution in [3.8, 4) is 11.4 Å². The van der Waals surface area contributed by atoms with Gasteiger partial charge in [-0.3, -0.25) is 4.79 Å². The van der Waals surface area contributed by atoms with Gasteiger partial charge in [-0.05, 0) is 29.0 Å². The predicted molar refractivity (Wildman–Crippen MR) is 59.7 cm³/mol. The molecule has 1 aromatic carbocycles. The highest BCUT2D eigenvalue weighted by atomic mass is 16.5. The molecule has 0 aliphatic carbocycles. The van der Waals surface area contributed by atoms with Gasteiger partial charge in [-0.15, -0.1) is 5.10 Å². The van der Waals surface area contributed by atoms with Crippen LogP contribution in [0.4, 0.5) is 0 Å². The van der Waals surface area contributed by atoms with Crippen molar-refractivity contribution in [2.75, 3.05) is 0 Å². The number of nitrogens with zero attached hydrogens (tertiary/aromatic N) is 4. The van der Waals surface area contributed by atoms with Crippen LogP contribution in [0.1, 0.15) is 19.8 Å². The van der Waals surface area contributed by atoms with Gasteiger partial charge in [-0.2, -0.15) is 0 Å². The number of ether oxygens (including phenoxy) is 1. The number of carbonyl (C=O) groups is 1. The van der Waals surface area contributed by atoms with Gasteiger partial charge in [0.05, 0.1) is 5.69 Å². The molecule has 0 amide bonds. The molecule has 0 fully saturated rings. The van der Waals surface area contributed by atoms with E-state index in [1.807, 2.05) is 13.0 Å². The van der Waals surface area contributed by atoms with E-state index in [9.17, 15) is 4.79 Å². The summed E-state index contributed by atoms with van der Waals surface area (Å²) in [6.45, 7) is 1.93. The van der Waals surface area contributed by atoms with Crippen LogP contribution < -0.4 is 4.74 Å². The second-order valence-electron chi connectivity index (χ2n) is 3.48. The van der Waals surface area contributed by atoms with Crippen LogP contribution in [-0.2, 0) is 4.79 Å². The van der Waals surface area contributed by atoms with Crippen molar-refractivity contribution in [2.24, 2.45) is 0 Å². The highest BCUT2D eigenvalue weighted by Crippen LogP contribution is 2.16. The van der Waals surface area contributed by atoms with Gasteiger partial charge in [0.15, 0.2) is 0 Å². The fourth-order valence-electron chi connectivity index (χ4n) is 1.36. The van der Waals surface area contributed by atoms with E-state index < -0.39 is 0 Å². The van der Waals surface area contributed by atoms with Crippen LogP contribution in [0.15, 0.2) is 30.6 Å². The summed E-state index contributed by atoms with van der Waals surface area (Å²) < 4.78 is 6.67. The molecule has 0 bridgehead atoms. The maximum Gasteiger partial charge on any atom is 0.311 e. The normalized spacial score (nSPS) is 10.2. The highest BCUT2D eigenvalue weighted by molar-refractivity contribution is 5.72.